The number of hydrogen-bond acceptors (Lipinski definition) is 34. The third kappa shape index (κ3) is 27.0. The number of para-hydroxylation sites is 6. The molecule has 2 atom stereocenters. The van der Waals surface area contributed by atoms with Gasteiger partial charge in [-0.3, -0.25) is 82.7 Å². The molecular formula is C87H95Cl3F5N29O18. The van der Waals surface area contributed by atoms with E-state index in [1.807, 2.05) is 31.3 Å². The maximum absolute atomic E-state index is 14.0. The van der Waals surface area contributed by atoms with Crippen LogP contribution in [0.1, 0.15) is 107 Å². The Morgan fingerprint density at radius 3 is 1.31 bits per heavy atom. The summed E-state index contributed by atoms with van der Waals surface area (Å²) in [4.78, 5) is 98.8. The molecule has 11 heterocycles. The number of fused-ring (bicyclic) bond motifs is 2. The summed E-state index contributed by atoms with van der Waals surface area (Å²) in [5.74, 6) is 2.53. The smallest absolute Gasteiger partial charge is 0.311 e. The molecule has 2 aliphatic heterocycles. The summed E-state index contributed by atoms with van der Waals surface area (Å²) in [6.07, 6.45) is 7.69. The van der Waals surface area contributed by atoms with Gasteiger partial charge in [-0.2, -0.15) is 25.5 Å². The van der Waals surface area contributed by atoms with Crippen LogP contribution < -0.4 is 50.9 Å². The number of imidazole rings is 2. The van der Waals surface area contributed by atoms with Crippen LogP contribution >= 0.6 is 34.8 Å². The molecule has 55 heteroatoms. The third-order valence-corrected chi connectivity index (χ3v) is 20.9. The molecule has 2 unspecified atom stereocenters. The number of methoxy groups -OCH3 is 6. The summed E-state index contributed by atoms with van der Waals surface area (Å²) in [5, 5.41) is 69.6. The number of alkyl halides is 5. The molecule has 0 bridgehead atoms. The SMILES string of the molecule is CF.COc1c(-c2ncn(C)n2)cccc1[N+](=O)[O-].COc1c(-c2ncn[nH]2)cccc1[N+](=O)[O-].COc1c(-c2ncnn2C)cccc1[N+](=O)[O-].COc1c(C(N)=O)cccc1[N+](=O)[O-].COc1c(N)cccc1-c1ncn(C)n1.COc1c(Nc2cc(Cl)nc3c2nc(C(F)F)n3C2CCCCO2)cccc1-c1ncn(C)n1.FC(F)c1nc2c(Cl)cc(Cl)nc2n1C1CCCCO1.NC(=O)C1CC1.[2H]C. The molecule has 9 aromatic heterocycles. The summed E-state index contributed by atoms with van der Waals surface area (Å²) in [6, 6.07) is 31.8. The van der Waals surface area contributed by atoms with E-state index in [-0.39, 0.29) is 107 Å². The zero-order valence-electron chi connectivity index (χ0n) is 78.7. The van der Waals surface area contributed by atoms with Crippen molar-refractivity contribution in [2.75, 3.05) is 74.1 Å². The number of nitrogens with one attached hydrogen (secondary N) is 2. The van der Waals surface area contributed by atoms with Gasteiger partial charge in [-0.25, -0.2) is 67.1 Å². The van der Waals surface area contributed by atoms with Gasteiger partial charge in [0, 0.05) is 79.0 Å². The number of nitrogens with zero attached hydrogens (tertiary/aromatic N) is 24. The maximum Gasteiger partial charge on any atom is 0.311 e. The highest BCUT2D eigenvalue weighted by molar-refractivity contribution is 6.37. The highest BCUT2D eigenvalue weighted by Gasteiger charge is 2.34. The van der Waals surface area contributed by atoms with E-state index in [4.69, 9.17) is 91.3 Å². The van der Waals surface area contributed by atoms with E-state index < -0.39 is 56.7 Å². The minimum atomic E-state index is -2.81. The van der Waals surface area contributed by atoms with Gasteiger partial charge in [-0.05, 0) is 106 Å². The van der Waals surface area contributed by atoms with Gasteiger partial charge >= 0.3 is 22.7 Å². The second kappa shape index (κ2) is 51.3. The normalized spacial score (nSPS) is 13.3. The number of aromatic nitrogens is 21. The van der Waals surface area contributed by atoms with Crippen molar-refractivity contribution in [1.82, 2.24) is 103 Å². The molecule has 8 N–H and O–H groups in total. The number of anilines is 3. The minimum absolute atomic E-state index is 0.00157. The van der Waals surface area contributed by atoms with Gasteiger partial charge in [0.15, 0.2) is 63.6 Å². The van der Waals surface area contributed by atoms with Crippen LogP contribution in [0.25, 0.3) is 79.3 Å². The topological polar surface area (TPSA) is 596 Å². The van der Waals surface area contributed by atoms with Crippen LogP contribution in [0.2, 0.25) is 15.3 Å². The Bertz CT molecular complexity index is 6830. The molecule has 752 valence electrons. The zero-order chi connectivity index (χ0) is 105. The Balaban J connectivity index is 0.000000187. The van der Waals surface area contributed by atoms with E-state index in [1.165, 1.54) is 123 Å². The number of aryl methyl sites for hydroxylation is 4. The lowest BCUT2D eigenvalue weighted by Crippen LogP contribution is -2.20. The predicted octanol–water partition coefficient (Wildman–Crippen LogP) is 16.7. The largest absolute Gasteiger partial charge is 0.494 e. The number of halogens is 8. The summed E-state index contributed by atoms with van der Waals surface area (Å²) >= 11 is 18.2. The lowest BCUT2D eigenvalue weighted by molar-refractivity contribution is -0.385. The molecule has 142 heavy (non-hydrogen) atoms. The van der Waals surface area contributed by atoms with Crippen molar-refractivity contribution >= 4 is 109 Å². The average molecular weight is 2040 g/mol. The first-order valence-electron chi connectivity index (χ1n) is 42.6. The molecule has 15 aromatic rings. The van der Waals surface area contributed by atoms with Crippen molar-refractivity contribution in [2.45, 2.75) is 84.1 Å². The number of rotatable bonds is 23. The fourth-order valence-electron chi connectivity index (χ4n) is 13.9. The van der Waals surface area contributed by atoms with Gasteiger partial charge in [0.25, 0.3) is 18.8 Å². The van der Waals surface area contributed by atoms with Crippen LogP contribution in [0.15, 0.2) is 153 Å². The van der Waals surface area contributed by atoms with E-state index in [0.717, 1.165) is 44.1 Å². The number of ether oxygens (including phenoxy) is 8. The van der Waals surface area contributed by atoms with Crippen LogP contribution in [-0.2, 0) is 42.5 Å². The van der Waals surface area contributed by atoms with Gasteiger partial charge < -0.3 is 60.4 Å². The number of primary amides is 2. The van der Waals surface area contributed by atoms with Gasteiger partial charge in [0.1, 0.15) is 65.4 Å². The standard InChI is InChI=1S/C22H22ClF2N7O2.C12H11Cl2F2N3O.2C10H10N4O3.C10H12N4O.C9H8N4O3.C8H8N2O4.C4H7NO.CH3F.CH4/c1-31-11-26-20(30-31)12-6-5-7-13(18(12)33-2)27-14-10-15(23)28-21-17(14)29-22(19(24)25)32(21)16-8-3-4-9-34-16;13-6-5-7(14)17-11-9(6)18-12(10(15)16)19(11)8-3-1-2-4-20-8;1-13-6-11-10(12-13)7-4-3-5-8(14(15)16)9(7)17-2;1-13-10(11-6-12-13)7-4-3-5-8(14(15)16)9(7)17-2;1-14-6-12-10(13-14)7-4-3-5-8(11)9(7)15-2;1-16-8-6(9-10-5-11-12-9)3-2-4-7(8)13(14)15;1-14-7-5(8(9)11)3-2-4-6(7)10(12)13;5-4(6)3-1-2-3;1-2;/h5-7,10-11,16,19H,3-4,8-9H2,1-2H3,(H,27,28);5,8,10H,1-4H2;2*3-6H,1-2H3;3-6H,11H2,1-2H3;2-5H,1H3,(H,10,11,12);2-4H,1H3,(H2,9,11);3H,1-2H2,(H2,5,6);1H3;1H4/i;;;;;;;;;1D. The molecule has 0 spiro atoms. The summed E-state index contributed by atoms with van der Waals surface area (Å²) in [5.41, 5.74) is 20.7. The van der Waals surface area contributed by atoms with Crippen molar-refractivity contribution in [3.63, 3.8) is 0 Å². The Kier molecular flexibility index (Phi) is 38.9. The maximum atomic E-state index is 14.0. The predicted molar refractivity (Wildman–Crippen MR) is 510 cm³/mol. The second-order valence-electron chi connectivity index (χ2n) is 29.4. The molecule has 47 nitrogen and oxygen atoms in total. The monoisotopic (exact) mass is 2030 g/mol. The minimum Gasteiger partial charge on any atom is -0.494 e. The van der Waals surface area contributed by atoms with Crippen LogP contribution in [0.3, 0.4) is 0 Å². The lowest BCUT2D eigenvalue weighted by atomic mass is 10.1. The number of H-pyrrole nitrogens is 1. The van der Waals surface area contributed by atoms with Gasteiger partial charge in [-0.15, -0.1) is 0 Å². The van der Waals surface area contributed by atoms with E-state index in [0.29, 0.717) is 113 Å². The number of aromatic amines is 1. The quantitative estimate of drug-likeness (QED) is 0.0130. The lowest BCUT2D eigenvalue weighted by Gasteiger charge is -2.25. The van der Waals surface area contributed by atoms with Crippen LogP contribution in [0.5, 0.6) is 34.5 Å². The summed E-state index contributed by atoms with van der Waals surface area (Å²) in [6.45, 7) is 1.02. The first-order valence-corrected chi connectivity index (χ1v) is 42.8. The fourth-order valence-corrected chi connectivity index (χ4v) is 14.6. The number of carbonyl (C=O) groups excluding carboxylic acids is 2. The number of nitrogen functional groups attached to an aromatic ring is 1. The number of nitro benzene ring substituents is 4. The van der Waals surface area contributed by atoms with Crippen LogP contribution in [0.4, 0.5) is 61.8 Å². The Labute approximate surface area is 819 Å². The number of hydrogen-bond donors (Lipinski definition) is 5. The summed E-state index contributed by atoms with van der Waals surface area (Å²) in [7, 11) is 17.3. The van der Waals surface area contributed by atoms with E-state index in [1.54, 1.807) is 105 Å². The van der Waals surface area contributed by atoms with E-state index in [2.05, 4.69) is 80.8 Å². The van der Waals surface area contributed by atoms with E-state index in [9.17, 15) is 72.0 Å². The van der Waals surface area contributed by atoms with Crippen LogP contribution in [0, 0.1) is 46.4 Å². The van der Waals surface area contributed by atoms with Gasteiger partial charge in [0.2, 0.25) is 28.9 Å². The highest BCUT2D eigenvalue weighted by atomic mass is 35.5. The summed E-state index contributed by atoms with van der Waals surface area (Å²) < 4.78 is 121. The highest BCUT2D eigenvalue weighted by Crippen LogP contribution is 2.45. The number of pyridine rings is 2. The van der Waals surface area contributed by atoms with Crippen molar-refractivity contribution in [2.24, 2.45) is 45.6 Å². The average Bonchev–Trinajstić information content (AvgIpc) is 1.61. The first-order chi connectivity index (χ1) is 68.6. The number of nitro groups is 4. The fraction of sp³-hybridized carbons (Fsp3) is 0.310. The van der Waals surface area contributed by atoms with Crippen molar-refractivity contribution in [3.8, 4) is 91.4 Å². The Hall–Kier alpha value is -16.4. The van der Waals surface area contributed by atoms with Crippen molar-refractivity contribution < 1.29 is 90.5 Å². The number of amides is 2. The molecule has 1 saturated carbocycles. The van der Waals surface area contributed by atoms with Crippen LogP contribution in [-0.4, -0.2) is 198 Å². The number of nitrogens with two attached hydrogens (primary N) is 3. The van der Waals surface area contributed by atoms with Crippen molar-refractivity contribution in [3.05, 3.63) is 226 Å². The molecular weight excluding hydrogens is 1940 g/mol. The molecule has 3 fully saturated rings. The molecule has 6 aromatic carbocycles. The molecule has 1 aliphatic carbocycles. The molecule has 0 radical (unpaired) electrons. The second-order valence-corrected chi connectivity index (χ2v) is 30.6. The molecule has 3 aliphatic rings. The number of benzene rings is 6. The molecule has 18 rings (SSSR count). The van der Waals surface area contributed by atoms with E-state index >= 15 is 0 Å². The third-order valence-electron chi connectivity index (χ3n) is 20.2. The number of carbonyl (C=O) groups is 2. The molecule has 2 amide bonds. The van der Waals surface area contributed by atoms with Gasteiger partial charge in [0.05, 0.1) is 125 Å². The first kappa shape index (κ1) is 108. The Morgan fingerprint density at radius 1 is 0.507 bits per heavy atom. The van der Waals surface area contributed by atoms with Crippen molar-refractivity contribution in [1.29, 1.82) is 0 Å². The van der Waals surface area contributed by atoms with Gasteiger partial charge in [-0.1, -0.05) is 78.6 Å². The Morgan fingerprint density at radius 2 is 0.915 bits per heavy atom. The zero-order valence-corrected chi connectivity index (χ0v) is 80.0. The molecule has 2 saturated heterocycles.